The molecule has 0 bridgehead atoms. The Morgan fingerprint density at radius 3 is 2.17 bits per heavy atom. The first-order chi connectivity index (χ1) is 11.5. The van der Waals surface area contributed by atoms with Crippen LogP contribution in [-0.2, 0) is 24.0 Å². The minimum absolute atomic E-state index is 0.0787. The number of β-lactam (4-membered cyclic amide) rings is 1. The van der Waals surface area contributed by atoms with Crippen molar-refractivity contribution in [2.75, 3.05) is 13.2 Å². The molecular weight excluding hydrogens is 314 g/mol. The fourth-order valence-electron chi connectivity index (χ4n) is 2.18. The van der Waals surface area contributed by atoms with Gasteiger partial charge in [0.2, 0.25) is 5.78 Å². The van der Waals surface area contributed by atoms with E-state index in [9.17, 15) is 14.4 Å². The van der Waals surface area contributed by atoms with Crippen LogP contribution in [0.4, 0.5) is 0 Å². The number of carboxylic acid groups (broad SMARTS) is 1. The first-order valence-electron chi connectivity index (χ1n) is 7.86. The summed E-state index contributed by atoms with van der Waals surface area (Å²) >= 11 is 0. The van der Waals surface area contributed by atoms with Crippen molar-refractivity contribution in [1.82, 2.24) is 5.06 Å². The third kappa shape index (κ3) is 4.87. The molecule has 0 spiro atoms. The number of rotatable bonds is 7. The number of carboxylic acids is 1. The normalized spacial score (nSPS) is 19.1. The number of ketones is 1. The van der Waals surface area contributed by atoms with Gasteiger partial charge in [0.1, 0.15) is 6.04 Å². The Morgan fingerprint density at radius 1 is 1.12 bits per heavy atom. The van der Waals surface area contributed by atoms with Crippen LogP contribution in [0.15, 0.2) is 30.3 Å². The highest BCUT2D eigenvalue weighted by Gasteiger charge is 2.50. The van der Waals surface area contributed by atoms with Gasteiger partial charge in [0.25, 0.3) is 5.91 Å². The number of aliphatic carboxylic acids is 1. The molecule has 1 heterocycles. The number of Topliss-reactive ketones (excluding diaryl/α,β-unsaturated/α-hetero) is 1. The summed E-state index contributed by atoms with van der Waals surface area (Å²) in [6.07, 6.45) is -0.330. The van der Waals surface area contributed by atoms with Crippen LogP contribution in [0.25, 0.3) is 0 Å². The van der Waals surface area contributed by atoms with E-state index in [0.29, 0.717) is 13.2 Å². The van der Waals surface area contributed by atoms with E-state index < -0.39 is 17.9 Å². The summed E-state index contributed by atoms with van der Waals surface area (Å²) in [6.45, 7) is 6.27. The number of ether oxygens (including phenoxy) is 1. The topological polar surface area (TPSA) is 93.1 Å². The lowest BCUT2D eigenvalue weighted by molar-refractivity contribution is -0.260. The summed E-state index contributed by atoms with van der Waals surface area (Å²) in [5.74, 6) is -2.18. The number of carbonyl (C=O) groups excluding carboxylic acids is 2. The van der Waals surface area contributed by atoms with Gasteiger partial charge >= 0.3 is 5.97 Å². The second-order valence-electron chi connectivity index (χ2n) is 4.90. The van der Waals surface area contributed by atoms with Gasteiger partial charge in [-0.3, -0.25) is 14.4 Å². The molecule has 1 aromatic carbocycles. The smallest absolute Gasteiger partial charge is 0.372 e. The van der Waals surface area contributed by atoms with Crippen LogP contribution in [0.1, 0.15) is 38.8 Å². The summed E-state index contributed by atoms with van der Waals surface area (Å²) in [5.41, 5.74) is 1.04. The molecule has 1 amide bonds. The SMILES string of the molecule is CCC(=O)C(=O)O.CCOC1C(=O)N(OCC)C1c1ccccc1. The second-order valence-corrected chi connectivity index (χ2v) is 4.90. The van der Waals surface area contributed by atoms with Gasteiger partial charge in [0.15, 0.2) is 6.10 Å². The van der Waals surface area contributed by atoms with E-state index in [-0.39, 0.29) is 18.4 Å². The minimum atomic E-state index is -1.34. The average Bonchev–Trinajstić information content (AvgIpc) is 2.60. The van der Waals surface area contributed by atoms with Crippen LogP contribution < -0.4 is 0 Å². The number of nitrogens with zero attached hydrogens (tertiary/aromatic N) is 1. The van der Waals surface area contributed by atoms with Crippen molar-refractivity contribution in [3.8, 4) is 0 Å². The lowest BCUT2D eigenvalue weighted by Gasteiger charge is -2.44. The largest absolute Gasteiger partial charge is 0.476 e. The number of hydrogen-bond donors (Lipinski definition) is 1. The number of carbonyl (C=O) groups is 3. The van der Waals surface area contributed by atoms with E-state index in [1.807, 2.05) is 44.2 Å². The van der Waals surface area contributed by atoms with Gasteiger partial charge < -0.3 is 9.84 Å². The molecule has 0 aliphatic carbocycles. The van der Waals surface area contributed by atoms with Crippen molar-refractivity contribution >= 4 is 17.7 Å². The molecule has 1 N–H and O–H groups in total. The van der Waals surface area contributed by atoms with Crippen molar-refractivity contribution in [3.63, 3.8) is 0 Å². The molecular formula is C17H23NO6. The fourth-order valence-corrected chi connectivity index (χ4v) is 2.18. The number of hydroxylamine groups is 2. The van der Waals surface area contributed by atoms with Gasteiger partial charge in [-0.25, -0.2) is 9.86 Å². The van der Waals surface area contributed by atoms with Crippen LogP contribution in [0, 0.1) is 0 Å². The lowest BCUT2D eigenvalue weighted by atomic mass is 9.93. The van der Waals surface area contributed by atoms with E-state index in [1.165, 1.54) is 12.0 Å². The lowest BCUT2D eigenvalue weighted by Crippen LogP contribution is -2.59. The molecule has 24 heavy (non-hydrogen) atoms. The van der Waals surface area contributed by atoms with Crippen molar-refractivity contribution < 1.29 is 29.1 Å². The van der Waals surface area contributed by atoms with Crippen LogP contribution >= 0.6 is 0 Å². The molecule has 1 fully saturated rings. The summed E-state index contributed by atoms with van der Waals surface area (Å²) in [5, 5.41) is 9.24. The summed E-state index contributed by atoms with van der Waals surface area (Å²) in [4.78, 5) is 36.6. The number of benzene rings is 1. The third-order valence-electron chi connectivity index (χ3n) is 3.32. The molecule has 7 heteroatoms. The number of amides is 1. The second kappa shape index (κ2) is 9.79. The van der Waals surface area contributed by atoms with E-state index >= 15 is 0 Å². The van der Waals surface area contributed by atoms with Crippen LogP contribution in [-0.4, -0.2) is 47.1 Å². The molecule has 7 nitrogen and oxygen atoms in total. The zero-order chi connectivity index (χ0) is 18.1. The van der Waals surface area contributed by atoms with Crippen molar-refractivity contribution in [2.45, 2.75) is 39.3 Å². The van der Waals surface area contributed by atoms with Crippen molar-refractivity contribution in [3.05, 3.63) is 35.9 Å². The van der Waals surface area contributed by atoms with Gasteiger partial charge in [-0.2, -0.15) is 0 Å². The quantitative estimate of drug-likeness (QED) is 0.604. The van der Waals surface area contributed by atoms with E-state index in [1.54, 1.807) is 0 Å². The minimum Gasteiger partial charge on any atom is -0.476 e. The molecule has 0 radical (unpaired) electrons. The maximum atomic E-state index is 11.8. The van der Waals surface area contributed by atoms with Gasteiger partial charge in [0.05, 0.1) is 6.61 Å². The number of hydrogen-bond acceptors (Lipinski definition) is 5. The predicted octanol–water partition coefficient (Wildman–Crippen LogP) is 1.98. The van der Waals surface area contributed by atoms with Gasteiger partial charge in [-0.05, 0) is 19.4 Å². The van der Waals surface area contributed by atoms with E-state index in [4.69, 9.17) is 14.7 Å². The molecule has 2 atom stereocenters. The summed E-state index contributed by atoms with van der Waals surface area (Å²) in [6, 6.07) is 9.69. The molecule has 1 aliphatic heterocycles. The molecule has 1 aromatic rings. The van der Waals surface area contributed by atoms with E-state index in [0.717, 1.165) is 5.56 Å². The molecule has 2 rings (SSSR count). The molecule has 0 saturated carbocycles. The third-order valence-corrected chi connectivity index (χ3v) is 3.32. The molecule has 2 unspecified atom stereocenters. The molecule has 0 aromatic heterocycles. The van der Waals surface area contributed by atoms with Gasteiger partial charge in [0, 0.05) is 13.0 Å². The fraction of sp³-hybridized carbons (Fsp3) is 0.471. The predicted molar refractivity (Wildman–Crippen MR) is 86.0 cm³/mol. The zero-order valence-corrected chi connectivity index (χ0v) is 14.1. The van der Waals surface area contributed by atoms with E-state index in [2.05, 4.69) is 0 Å². The highest BCUT2D eigenvalue weighted by Crippen LogP contribution is 2.36. The first-order valence-corrected chi connectivity index (χ1v) is 7.86. The molecule has 132 valence electrons. The average molecular weight is 337 g/mol. The first kappa shape index (κ1) is 19.8. The maximum absolute atomic E-state index is 11.8. The van der Waals surface area contributed by atoms with Crippen LogP contribution in [0.5, 0.6) is 0 Å². The molecule has 1 saturated heterocycles. The Hall–Kier alpha value is -2.25. The van der Waals surface area contributed by atoms with Crippen molar-refractivity contribution in [2.24, 2.45) is 0 Å². The van der Waals surface area contributed by atoms with Crippen LogP contribution in [0.3, 0.4) is 0 Å². The highest BCUT2D eigenvalue weighted by atomic mass is 16.7. The standard InChI is InChI=1S/C13H17NO3.C4H6O3/c1-3-16-12-11(10-8-6-5-7-9-10)14(13(12)15)17-4-2;1-2-3(5)4(6)7/h5-9,11-12H,3-4H2,1-2H3;2H2,1H3,(H,6,7). The molecule has 1 aliphatic rings. The Bertz CT molecular complexity index is 543. The monoisotopic (exact) mass is 337 g/mol. The summed E-state index contributed by atoms with van der Waals surface area (Å²) < 4.78 is 5.46. The zero-order valence-electron chi connectivity index (χ0n) is 14.1. The van der Waals surface area contributed by atoms with Crippen LogP contribution in [0.2, 0.25) is 0 Å². The maximum Gasteiger partial charge on any atom is 0.372 e. The Morgan fingerprint density at radius 2 is 1.75 bits per heavy atom. The van der Waals surface area contributed by atoms with Gasteiger partial charge in [-0.1, -0.05) is 37.3 Å². The Balaban J connectivity index is 0.000000351. The van der Waals surface area contributed by atoms with Gasteiger partial charge in [-0.15, -0.1) is 0 Å². The Kier molecular flexibility index (Phi) is 8.08. The highest BCUT2D eigenvalue weighted by molar-refractivity contribution is 6.32. The Labute approximate surface area is 141 Å². The summed E-state index contributed by atoms with van der Waals surface area (Å²) in [7, 11) is 0. The van der Waals surface area contributed by atoms with Crippen molar-refractivity contribution in [1.29, 1.82) is 0 Å².